The molecule has 0 unspecified atom stereocenters. The summed E-state index contributed by atoms with van der Waals surface area (Å²) in [6.45, 7) is 3.09. The fraction of sp³-hybridized carbons (Fsp3) is 0.421. The monoisotopic (exact) mass is 402 g/mol. The van der Waals surface area contributed by atoms with Gasteiger partial charge in [0.15, 0.2) is 0 Å². The van der Waals surface area contributed by atoms with Crippen molar-refractivity contribution in [1.29, 1.82) is 0 Å². The third-order valence-corrected chi connectivity index (χ3v) is 7.23. The minimum absolute atomic E-state index is 0.00921. The highest BCUT2D eigenvalue weighted by Crippen LogP contribution is 2.29. The lowest BCUT2D eigenvalue weighted by molar-refractivity contribution is 0.0946. The molecule has 3 aromatic heterocycles. The van der Waals surface area contributed by atoms with E-state index in [0.717, 1.165) is 30.8 Å². The number of aromatic nitrogens is 2. The van der Waals surface area contributed by atoms with E-state index in [0.29, 0.717) is 21.6 Å². The van der Waals surface area contributed by atoms with Crippen LogP contribution in [0.5, 0.6) is 0 Å². The maximum atomic E-state index is 12.8. The molecular formula is C19H22N4O2S2. The normalized spacial score (nSPS) is 14.7. The lowest BCUT2D eigenvalue weighted by Crippen LogP contribution is -2.34. The number of aryl methyl sites for hydroxylation is 2. The molecule has 0 saturated heterocycles. The molecule has 4 heterocycles. The van der Waals surface area contributed by atoms with Crippen LogP contribution in [0.2, 0.25) is 0 Å². The third kappa shape index (κ3) is 3.22. The number of rotatable bonds is 5. The molecule has 0 radical (unpaired) electrons. The van der Waals surface area contributed by atoms with Gasteiger partial charge < -0.3 is 10.2 Å². The van der Waals surface area contributed by atoms with E-state index in [1.165, 1.54) is 16.2 Å². The maximum absolute atomic E-state index is 12.8. The van der Waals surface area contributed by atoms with E-state index in [1.54, 1.807) is 15.9 Å². The van der Waals surface area contributed by atoms with Crippen LogP contribution in [0.25, 0.3) is 10.2 Å². The van der Waals surface area contributed by atoms with Gasteiger partial charge in [-0.25, -0.2) is 4.98 Å². The molecule has 1 N–H and O–H groups in total. The van der Waals surface area contributed by atoms with Crippen LogP contribution in [0.1, 0.15) is 38.4 Å². The second-order valence-electron chi connectivity index (χ2n) is 7.03. The minimum Gasteiger partial charge on any atom is -0.349 e. The summed E-state index contributed by atoms with van der Waals surface area (Å²) in [6, 6.07) is 4.22. The van der Waals surface area contributed by atoms with Crippen molar-refractivity contribution in [2.24, 2.45) is 0 Å². The lowest BCUT2D eigenvalue weighted by atomic mass is 10.2. The average molecular weight is 403 g/mol. The zero-order valence-electron chi connectivity index (χ0n) is 15.6. The van der Waals surface area contributed by atoms with Gasteiger partial charge in [-0.2, -0.15) is 0 Å². The van der Waals surface area contributed by atoms with Crippen molar-refractivity contribution in [1.82, 2.24) is 19.8 Å². The molecule has 3 aromatic rings. The first-order chi connectivity index (χ1) is 13.0. The van der Waals surface area contributed by atoms with Crippen LogP contribution < -0.4 is 10.9 Å². The lowest BCUT2D eigenvalue weighted by Gasteiger charge is -2.23. The number of nitrogens with zero attached hydrogens (tertiary/aromatic N) is 3. The molecule has 0 fully saturated rings. The van der Waals surface area contributed by atoms with Gasteiger partial charge in [0.1, 0.15) is 10.7 Å². The fourth-order valence-electron chi connectivity index (χ4n) is 3.58. The van der Waals surface area contributed by atoms with Crippen molar-refractivity contribution < 1.29 is 4.79 Å². The molecule has 142 valence electrons. The fourth-order valence-corrected chi connectivity index (χ4v) is 5.61. The van der Waals surface area contributed by atoms with E-state index >= 15 is 0 Å². The molecule has 0 aliphatic carbocycles. The van der Waals surface area contributed by atoms with Crippen molar-refractivity contribution in [2.45, 2.75) is 32.4 Å². The molecule has 0 spiro atoms. The Bertz CT molecular complexity index is 1050. The summed E-state index contributed by atoms with van der Waals surface area (Å²) in [5, 5.41) is 5.69. The van der Waals surface area contributed by atoms with Crippen LogP contribution in [0.4, 0.5) is 0 Å². The Labute approximate surface area is 165 Å². The molecule has 0 saturated carbocycles. The predicted molar refractivity (Wildman–Crippen MR) is 110 cm³/mol. The molecule has 1 aliphatic rings. The molecule has 1 atom stereocenters. The summed E-state index contributed by atoms with van der Waals surface area (Å²) in [4.78, 5) is 34.8. The molecular weight excluding hydrogens is 380 g/mol. The van der Waals surface area contributed by atoms with Crippen LogP contribution in [-0.4, -0.2) is 41.0 Å². The second kappa shape index (κ2) is 7.18. The SMILES string of the molecule is Cc1c(C(=O)NC[C@H](c2cccs2)N(C)C)sc2nc3n(c(=O)c12)CCC3. The standard InChI is InChI=1S/C19H22N4O2S2/c1-11-15-18(21-14-7-4-8-23(14)19(15)25)27-16(11)17(24)20-10-12(22(2)3)13-6-5-9-26-13/h5-6,9,12H,4,7-8,10H2,1-3H3,(H,20,24)/t12-/m1/s1. The smallest absolute Gasteiger partial charge is 0.262 e. The average Bonchev–Trinajstić information content (AvgIpc) is 3.35. The molecule has 0 bridgehead atoms. The molecule has 0 aromatic carbocycles. The highest BCUT2D eigenvalue weighted by molar-refractivity contribution is 7.20. The van der Waals surface area contributed by atoms with Crippen molar-refractivity contribution in [3.05, 3.63) is 49.0 Å². The van der Waals surface area contributed by atoms with Crippen molar-refractivity contribution in [2.75, 3.05) is 20.6 Å². The third-order valence-electron chi connectivity index (χ3n) is 5.07. The molecule has 1 amide bonds. The highest BCUT2D eigenvalue weighted by Gasteiger charge is 2.24. The number of thiophene rings is 2. The van der Waals surface area contributed by atoms with Gasteiger partial charge in [-0.05, 0) is 44.4 Å². The Morgan fingerprint density at radius 2 is 2.26 bits per heavy atom. The number of amides is 1. The summed E-state index contributed by atoms with van der Waals surface area (Å²) in [5.74, 6) is 0.703. The highest BCUT2D eigenvalue weighted by atomic mass is 32.1. The number of nitrogens with one attached hydrogen (secondary N) is 1. The Morgan fingerprint density at radius 1 is 1.44 bits per heavy atom. The minimum atomic E-state index is -0.136. The van der Waals surface area contributed by atoms with Gasteiger partial charge in [0.05, 0.1) is 16.3 Å². The van der Waals surface area contributed by atoms with Gasteiger partial charge >= 0.3 is 0 Å². The number of carbonyl (C=O) groups excluding carboxylic acids is 1. The van der Waals surface area contributed by atoms with Crippen LogP contribution in [-0.2, 0) is 13.0 Å². The first kappa shape index (κ1) is 18.3. The maximum Gasteiger partial charge on any atom is 0.262 e. The van der Waals surface area contributed by atoms with Gasteiger partial charge in [-0.3, -0.25) is 14.2 Å². The molecule has 4 rings (SSSR count). The summed E-state index contributed by atoms with van der Waals surface area (Å²) in [5.41, 5.74) is 0.731. The number of carbonyl (C=O) groups is 1. The summed E-state index contributed by atoms with van der Waals surface area (Å²) in [6.07, 6.45) is 1.79. The first-order valence-corrected chi connectivity index (χ1v) is 10.7. The van der Waals surface area contributed by atoms with Gasteiger partial charge in [0, 0.05) is 24.4 Å². The Balaban J connectivity index is 1.61. The summed E-state index contributed by atoms with van der Waals surface area (Å²) < 4.78 is 1.75. The van der Waals surface area contributed by atoms with E-state index in [2.05, 4.69) is 21.3 Å². The van der Waals surface area contributed by atoms with Crippen molar-refractivity contribution >= 4 is 38.8 Å². The second-order valence-corrected chi connectivity index (χ2v) is 9.01. The zero-order valence-corrected chi connectivity index (χ0v) is 17.2. The van der Waals surface area contributed by atoms with Crippen LogP contribution in [0.15, 0.2) is 22.3 Å². The Hall–Kier alpha value is -2.03. The molecule has 6 nitrogen and oxygen atoms in total. The van der Waals surface area contributed by atoms with Crippen LogP contribution >= 0.6 is 22.7 Å². The Kier molecular flexibility index (Phi) is 4.88. The molecule has 1 aliphatic heterocycles. The zero-order chi connectivity index (χ0) is 19.1. The van der Waals surface area contributed by atoms with Gasteiger partial charge in [0.25, 0.3) is 11.5 Å². The number of likely N-dealkylation sites (N-methyl/N-ethyl adjacent to an activating group) is 1. The largest absolute Gasteiger partial charge is 0.349 e. The van der Waals surface area contributed by atoms with Crippen LogP contribution in [0.3, 0.4) is 0 Å². The predicted octanol–water partition coefficient (Wildman–Crippen LogP) is 2.81. The molecule has 8 heteroatoms. The molecule has 27 heavy (non-hydrogen) atoms. The van der Waals surface area contributed by atoms with Crippen LogP contribution in [0, 0.1) is 6.92 Å². The van der Waals surface area contributed by atoms with Gasteiger partial charge in [0.2, 0.25) is 0 Å². The number of hydrogen-bond donors (Lipinski definition) is 1. The summed E-state index contributed by atoms with van der Waals surface area (Å²) >= 11 is 3.01. The summed E-state index contributed by atoms with van der Waals surface area (Å²) in [7, 11) is 4.02. The van der Waals surface area contributed by atoms with E-state index in [4.69, 9.17) is 0 Å². The number of fused-ring (bicyclic) bond motifs is 2. The van der Waals surface area contributed by atoms with Crippen molar-refractivity contribution in [3.8, 4) is 0 Å². The van der Waals surface area contributed by atoms with E-state index in [1.807, 2.05) is 32.5 Å². The first-order valence-electron chi connectivity index (χ1n) is 8.98. The van der Waals surface area contributed by atoms with E-state index in [-0.39, 0.29) is 17.5 Å². The van der Waals surface area contributed by atoms with E-state index < -0.39 is 0 Å². The van der Waals surface area contributed by atoms with Gasteiger partial charge in [-0.1, -0.05) is 6.07 Å². The number of hydrogen-bond acceptors (Lipinski definition) is 6. The van der Waals surface area contributed by atoms with E-state index in [9.17, 15) is 9.59 Å². The Morgan fingerprint density at radius 3 is 2.96 bits per heavy atom. The van der Waals surface area contributed by atoms with Crippen molar-refractivity contribution in [3.63, 3.8) is 0 Å². The van der Waals surface area contributed by atoms with Gasteiger partial charge in [-0.15, -0.1) is 22.7 Å². The quantitative estimate of drug-likeness (QED) is 0.713. The topological polar surface area (TPSA) is 67.2 Å².